The Hall–Kier alpha value is -1.84. The summed E-state index contributed by atoms with van der Waals surface area (Å²) in [7, 11) is 0. The zero-order valence-corrected chi connectivity index (χ0v) is 11.3. The van der Waals surface area contributed by atoms with Crippen molar-refractivity contribution in [3.8, 4) is 0 Å². The molecule has 0 saturated carbocycles. The van der Waals surface area contributed by atoms with Crippen LogP contribution in [0.5, 0.6) is 0 Å². The molecule has 98 valence electrons. The van der Waals surface area contributed by atoms with Crippen molar-refractivity contribution >= 4 is 23.2 Å². The summed E-state index contributed by atoms with van der Waals surface area (Å²) in [5.74, 6) is -0.229. The van der Waals surface area contributed by atoms with Crippen LogP contribution in [0, 0.1) is 0 Å². The molecule has 1 atom stereocenters. The molecule has 4 heteroatoms. The topological polar surface area (TPSA) is 55.1 Å². The van der Waals surface area contributed by atoms with Gasteiger partial charge in [0.25, 0.3) is 5.91 Å². The number of rotatable bonds is 3. The van der Waals surface area contributed by atoms with Gasteiger partial charge in [0.2, 0.25) is 0 Å². The van der Waals surface area contributed by atoms with Gasteiger partial charge in [-0.05, 0) is 36.8 Å². The maximum Gasteiger partial charge on any atom is 0.257 e. The van der Waals surface area contributed by atoms with Gasteiger partial charge in [-0.3, -0.25) is 4.79 Å². The Morgan fingerprint density at radius 3 is 2.63 bits per heavy atom. The van der Waals surface area contributed by atoms with Crippen molar-refractivity contribution in [1.82, 2.24) is 0 Å². The summed E-state index contributed by atoms with van der Waals surface area (Å²) in [6, 6.07) is 14.3. The molecule has 0 saturated heterocycles. The molecule has 0 bridgehead atoms. The Kier molecular flexibility index (Phi) is 4.20. The molecular formula is C15H15ClN2O. The van der Waals surface area contributed by atoms with Crippen LogP contribution in [0.2, 0.25) is 5.02 Å². The van der Waals surface area contributed by atoms with Crippen LogP contribution in [0.15, 0.2) is 48.5 Å². The van der Waals surface area contributed by atoms with Gasteiger partial charge in [0.05, 0.1) is 10.6 Å². The van der Waals surface area contributed by atoms with Crippen LogP contribution in [0.4, 0.5) is 5.69 Å². The fourth-order valence-corrected chi connectivity index (χ4v) is 1.96. The molecule has 0 aliphatic carbocycles. The molecule has 1 unspecified atom stereocenters. The van der Waals surface area contributed by atoms with Crippen LogP contribution in [0.25, 0.3) is 0 Å². The van der Waals surface area contributed by atoms with E-state index in [-0.39, 0.29) is 11.9 Å². The lowest BCUT2D eigenvalue weighted by Gasteiger charge is -2.10. The van der Waals surface area contributed by atoms with Gasteiger partial charge in [-0.1, -0.05) is 35.9 Å². The molecule has 2 rings (SSSR count). The third kappa shape index (κ3) is 3.34. The first kappa shape index (κ1) is 13.6. The number of amides is 1. The van der Waals surface area contributed by atoms with Gasteiger partial charge in [0, 0.05) is 11.7 Å². The van der Waals surface area contributed by atoms with Crippen molar-refractivity contribution in [2.75, 3.05) is 5.32 Å². The van der Waals surface area contributed by atoms with Crippen LogP contribution in [-0.2, 0) is 0 Å². The van der Waals surface area contributed by atoms with Gasteiger partial charge in [-0.2, -0.15) is 0 Å². The second kappa shape index (κ2) is 5.87. The number of benzene rings is 2. The highest BCUT2D eigenvalue weighted by Crippen LogP contribution is 2.19. The minimum absolute atomic E-state index is 0.0721. The van der Waals surface area contributed by atoms with Crippen LogP contribution in [-0.4, -0.2) is 5.91 Å². The minimum atomic E-state index is -0.229. The van der Waals surface area contributed by atoms with E-state index in [9.17, 15) is 4.79 Å². The molecule has 3 N–H and O–H groups in total. The Labute approximate surface area is 117 Å². The van der Waals surface area contributed by atoms with Crippen LogP contribution >= 0.6 is 11.6 Å². The first-order valence-electron chi connectivity index (χ1n) is 5.99. The van der Waals surface area contributed by atoms with Gasteiger partial charge < -0.3 is 11.1 Å². The van der Waals surface area contributed by atoms with E-state index in [1.807, 2.05) is 31.2 Å². The molecule has 0 radical (unpaired) electrons. The van der Waals surface area contributed by atoms with Crippen LogP contribution in [0.3, 0.4) is 0 Å². The zero-order chi connectivity index (χ0) is 13.8. The number of halogens is 1. The monoisotopic (exact) mass is 274 g/mol. The predicted octanol–water partition coefficient (Wildman–Crippen LogP) is 3.61. The number of hydrogen-bond acceptors (Lipinski definition) is 2. The average molecular weight is 275 g/mol. The lowest BCUT2D eigenvalue weighted by Crippen LogP contribution is -2.13. The quantitative estimate of drug-likeness (QED) is 0.898. The first-order valence-corrected chi connectivity index (χ1v) is 6.37. The first-order chi connectivity index (χ1) is 9.08. The highest BCUT2D eigenvalue weighted by molar-refractivity contribution is 6.34. The normalized spacial score (nSPS) is 11.9. The summed E-state index contributed by atoms with van der Waals surface area (Å²) in [6.45, 7) is 1.90. The van der Waals surface area contributed by atoms with E-state index >= 15 is 0 Å². The van der Waals surface area contributed by atoms with E-state index in [0.29, 0.717) is 16.3 Å². The third-order valence-corrected chi connectivity index (χ3v) is 3.12. The van der Waals surface area contributed by atoms with Gasteiger partial charge >= 0.3 is 0 Å². The molecule has 19 heavy (non-hydrogen) atoms. The van der Waals surface area contributed by atoms with E-state index in [0.717, 1.165) is 5.56 Å². The van der Waals surface area contributed by atoms with Gasteiger partial charge in [-0.25, -0.2) is 0 Å². The highest BCUT2D eigenvalue weighted by atomic mass is 35.5. The van der Waals surface area contributed by atoms with Crippen LogP contribution in [0.1, 0.15) is 28.9 Å². The molecule has 3 nitrogen and oxygen atoms in total. The SMILES string of the molecule is CC(N)c1cccc(NC(=O)c2ccccc2Cl)c1. The summed E-state index contributed by atoms with van der Waals surface area (Å²) in [4.78, 5) is 12.1. The van der Waals surface area contributed by atoms with E-state index in [2.05, 4.69) is 5.32 Å². The fourth-order valence-electron chi connectivity index (χ4n) is 1.74. The van der Waals surface area contributed by atoms with Crippen molar-refractivity contribution in [2.45, 2.75) is 13.0 Å². The second-order valence-corrected chi connectivity index (χ2v) is 4.76. The highest BCUT2D eigenvalue weighted by Gasteiger charge is 2.10. The molecule has 0 spiro atoms. The molecule has 2 aromatic carbocycles. The standard InChI is InChI=1S/C15H15ClN2O/c1-10(17)11-5-4-6-12(9-11)18-15(19)13-7-2-3-8-14(13)16/h2-10H,17H2,1H3,(H,18,19). The Morgan fingerprint density at radius 2 is 1.95 bits per heavy atom. The van der Waals surface area contributed by atoms with E-state index in [4.69, 9.17) is 17.3 Å². The fraction of sp³-hybridized carbons (Fsp3) is 0.133. The summed E-state index contributed by atoms with van der Waals surface area (Å²) in [5.41, 5.74) is 7.95. The maximum atomic E-state index is 12.1. The molecule has 0 aromatic heterocycles. The number of anilines is 1. The average Bonchev–Trinajstić information content (AvgIpc) is 2.39. The van der Waals surface area contributed by atoms with Crippen molar-refractivity contribution < 1.29 is 4.79 Å². The van der Waals surface area contributed by atoms with Crippen molar-refractivity contribution in [3.05, 3.63) is 64.7 Å². The van der Waals surface area contributed by atoms with Gasteiger partial charge in [0.1, 0.15) is 0 Å². The molecule has 0 aliphatic rings. The Bertz CT molecular complexity index is 596. The summed E-state index contributed by atoms with van der Waals surface area (Å²) < 4.78 is 0. The van der Waals surface area contributed by atoms with Crippen molar-refractivity contribution in [3.63, 3.8) is 0 Å². The van der Waals surface area contributed by atoms with Crippen LogP contribution < -0.4 is 11.1 Å². The summed E-state index contributed by atoms with van der Waals surface area (Å²) in [5, 5.41) is 3.25. The van der Waals surface area contributed by atoms with E-state index < -0.39 is 0 Å². The Balaban J connectivity index is 2.20. The molecule has 0 aliphatic heterocycles. The number of carbonyl (C=O) groups excluding carboxylic acids is 1. The smallest absolute Gasteiger partial charge is 0.257 e. The predicted molar refractivity (Wildman–Crippen MR) is 78.4 cm³/mol. The van der Waals surface area contributed by atoms with Gasteiger partial charge in [-0.15, -0.1) is 0 Å². The third-order valence-electron chi connectivity index (χ3n) is 2.79. The largest absolute Gasteiger partial charge is 0.324 e. The molecule has 0 heterocycles. The summed E-state index contributed by atoms with van der Waals surface area (Å²) in [6.07, 6.45) is 0. The number of carbonyl (C=O) groups is 1. The lowest BCUT2D eigenvalue weighted by molar-refractivity contribution is 0.102. The van der Waals surface area contributed by atoms with Gasteiger partial charge in [0.15, 0.2) is 0 Å². The molecule has 1 amide bonds. The maximum absolute atomic E-state index is 12.1. The Morgan fingerprint density at radius 1 is 1.21 bits per heavy atom. The zero-order valence-electron chi connectivity index (χ0n) is 10.6. The minimum Gasteiger partial charge on any atom is -0.324 e. The molecule has 0 fully saturated rings. The van der Waals surface area contributed by atoms with E-state index in [1.165, 1.54) is 0 Å². The number of hydrogen-bond donors (Lipinski definition) is 2. The van der Waals surface area contributed by atoms with Crippen molar-refractivity contribution in [2.24, 2.45) is 5.73 Å². The van der Waals surface area contributed by atoms with Crippen molar-refractivity contribution in [1.29, 1.82) is 0 Å². The number of nitrogens with two attached hydrogens (primary N) is 1. The molecule has 2 aromatic rings. The number of nitrogens with one attached hydrogen (secondary N) is 1. The summed E-state index contributed by atoms with van der Waals surface area (Å²) >= 11 is 5.99. The molecular weight excluding hydrogens is 260 g/mol. The van der Waals surface area contributed by atoms with E-state index in [1.54, 1.807) is 24.3 Å². The second-order valence-electron chi connectivity index (χ2n) is 4.35. The lowest BCUT2D eigenvalue weighted by atomic mass is 10.1.